The number of H-pyrrole nitrogens is 1. The van der Waals surface area contributed by atoms with Crippen LogP contribution in [0.3, 0.4) is 0 Å². The van der Waals surface area contributed by atoms with Crippen molar-refractivity contribution in [2.45, 2.75) is 32.9 Å². The number of aromatic nitrogens is 1. The van der Waals surface area contributed by atoms with Gasteiger partial charge < -0.3 is 0 Å². The first-order valence-electron chi connectivity index (χ1n) is 9.82. The van der Waals surface area contributed by atoms with E-state index in [0.29, 0.717) is 10.2 Å². The molecule has 7 heteroatoms. The summed E-state index contributed by atoms with van der Waals surface area (Å²) in [5, 5.41) is 0.920. The first-order valence-corrected chi connectivity index (χ1v) is 12.3. The first-order chi connectivity index (χ1) is 14.6. The Bertz CT molecular complexity index is 1100. The summed E-state index contributed by atoms with van der Waals surface area (Å²) in [6.45, 7) is 9.86. The van der Waals surface area contributed by atoms with E-state index in [1.165, 1.54) is 0 Å². The van der Waals surface area contributed by atoms with Gasteiger partial charge in [-0.2, -0.15) is 0 Å². The minimum atomic E-state index is -0.627. The molecule has 0 unspecified atom stereocenters. The van der Waals surface area contributed by atoms with Gasteiger partial charge in [0.15, 0.2) is 0 Å². The molecule has 2 aromatic carbocycles. The van der Waals surface area contributed by atoms with Crippen LogP contribution in [0.15, 0.2) is 65.7 Å². The van der Waals surface area contributed by atoms with Crippen LogP contribution in [0, 0.1) is 0 Å². The number of benzene rings is 2. The predicted octanol–water partition coefficient (Wildman–Crippen LogP) is 4.98. The number of nitrogens with zero attached hydrogens (tertiary/aromatic N) is 1. The number of nitrogens with one attached hydrogen (secondary N) is 1. The standard InChI is InChI=1S/C24H25BrN2O3Se/c1-16(25)14-27(23(29)30-24(2,3)4)15-19-18-12-8-9-13-20(18)26-21(19)22(28)31-17-10-6-5-7-11-17/h5-13,26H,1,14-15H2,2-4H3. The quantitative estimate of drug-likeness (QED) is 0.424. The molecule has 31 heavy (non-hydrogen) atoms. The fourth-order valence-electron chi connectivity index (χ4n) is 3.09. The number of carbonyl (C=O) groups is 2. The van der Waals surface area contributed by atoms with Crippen molar-refractivity contribution in [1.82, 2.24) is 9.88 Å². The number of hydrogen-bond acceptors (Lipinski definition) is 3. The molecular weight excluding hydrogens is 523 g/mol. The number of hydrogen-bond donors (Lipinski definition) is 1. The van der Waals surface area contributed by atoms with Crippen LogP contribution in [0.1, 0.15) is 36.8 Å². The summed E-state index contributed by atoms with van der Waals surface area (Å²) in [5.74, 6) is 0. The predicted molar refractivity (Wildman–Crippen MR) is 129 cm³/mol. The van der Waals surface area contributed by atoms with Crippen LogP contribution in [0.5, 0.6) is 0 Å². The Morgan fingerprint density at radius 1 is 1.10 bits per heavy atom. The Kier molecular flexibility index (Phi) is 7.42. The monoisotopic (exact) mass is 548 g/mol. The number of para-hydroxylation sites is 1. The minimum absolute atomic E-state index is 0.0340. The molecule has 1 heterocycles. The van der Waals surface area contributed by atoms with E-state index in [-0.39, 0.29) is 32.7 Å². The number of rotatable bonds is 7. The van der Waals surface area contributed by atoms with Gasteiger partial charge in [-0.25, -0.2) is 0 Å². The molecule has 0 aliphatic carbocycles. The number of carbonyl (C=O) groups excluding carboxylic acids is 2. The van der Waals surface area contributed by atoms with Gasteiger partial charge in [-0.1, -0.05) is 0 Å². The number of aromatic amines is 1. The molecule has 1 N–H and O–H groups in total. The zero-order valence-corrected chi connectivity index (χ0v) is 21.1. The van der Waals surface area contributed by atoms with E-state index in [1.54, 1.807) is 4.90 Å². The van der Waals surface area contributed by atoms with Crippen molar-refractivity contribution in [2.75, 3.05) is 6.54 Å². The zero-order valence-electron chi connectivity index (χ0n) is 17.8. The fraction of sp³-hybridized carbons (Fsp3) is 0.250. The van der Waals surface area contributed by atoms with Crippen LogP contribution < -0.4 is 4.46 Å². The van der Waals surface area contributed by atoms with Crippen molar-refractivity contribution in [1.29, 1.82) is 0 Å². The Morgan fingerprint density at radius 3 is 2.39 bits per heavy atom. The van der Waals surface area contributed by atoms with E-state index in [2.05, 4.69) is 27.5 Å². The first kappa shape index (κ1) is 23.3. The second kappa shape index (κ2) is 9.86. The third kappa shape index (κ3) is 6.32. The maximum absolute atomic E-state index is 13.2. The summed E-state index contributed by atoms with van der Waals surface area (Å²) < 4.78 is 7.28. The molecule has 3 aromatic rings. The van der Waals surface area contributed by atoms with Crippen LogP contribution in [-0.2, 0) is 11.3 Å². The molecule has 0 saturated carbocycles. The van der Waals surface area contributed by atoms with Gasteiger partial charge in [0.2, 0.25) is 0 Å². The van der Waals surface area contributed by atoms with Crippen molar-refractivity contribution in [2.24, 2.45) is 0 Å². The van der Waals surface area contributed by atoms with Crippen LogP contribution in [-0.4, -0.2) is 47.8 Å². The summed E-state index contributed by atoms with van der Waals surface area (Å²) in [4.78, 5) is 31.0. The van der Waals surface area contributed by atoms with Gasteiger partial charge in [0.25, 0.3) is 0 Å². The summed E-state index contributed by atoms with van der Waals surface area (Å²) >= 11 is 2.97. The van der Waals surface area contributed by atoms with E-state index >= 15 is 0 Å². The van der Waals surface area contributed by atoms with Gasteiger partial charge in [-0.15, -0.1) is 0 Å². The number of ether oxygens (including phenoxy) is 1. The Balaban J connectivity index is 1.98. The maximum atomic E-state index is 13.2. The molecule has 0 aliphatic heterocycles. The van der Waals surface area contributed by atoms with Gasteiger partial charge >= 0.3 is 198 Å². The average Bonchev–Trinajstić information content (AvgIpc) is 3.05. The molecule has 3 rings (SSSR count). The Labute approximate surface area is 197 Å². The summed E-state index contributed by atoms with van der Waals surface area (Å²) in [6.07, 6.45) is -0.453. The van der Waals surface area contributed by atoms with Crippen molar-refractivity contribution >= 4 is 57.0 Å². The molecule has 5 nitrogen and oxygen atoms in total. The van der Waals surface area contributed by atoms with Crippen molar-refractivity contribution in [3.63, 3.8) is 0 Å². The van der Waals surface area contributed by atoms with E-state index in [4.69, 9.17) is 4.74 Å². The van der Waals surface area contributed by atoms with Crippen molar-refractivity contribution < 1.29 is 14.3 Å². The van der Waals surface area contributed by atoms with Gasteiger partial charge in [0.1, 0.15) is 0 Å². The topological polar surface area (TPSA) is 62.4 Å². The fourth-order valence-corrected chi connectivity index (χ4v) is 5.04. The average molecular weight is 548 g/mol. The zero-order chi connectivity index (χ0) is 22.6. The molecule has 0 radical (unpaired) electrons. The van der Waals surface area contributed by atoms with Crippen LogP contribution in [0.2, 0.25) is 0 Å². The molecule has 0 fully saturated rings. The molecule has 1 aromatic heterocycles. The third-order valence-electron chi connectivity index (χ3n) is 4.33. The second-order valence-corrected chi connectivity index (χ2v) is 11.4. The van der Waals surface area contributed by atoms with E-state index in [0.717, 1.165) is 20.9 Å². The van der Waals surface area contributed by atoms with Crippen LogP contribution in [0.25, 0.3) is 10.9 Å². The summed E-state index contributed by atoms with van der Waals surface area (Å²) in [7, 11) is 0. The van der Waals surface area contributed by atoms with Crippen molar-refractivity contribution in [3.05, 3.63) is 76.9 Å². The van der Waals surface area contributed by atoms with Gasteiger partial charge in [0, 0.05) is 0 Å². The summed E-state index contributed by atoms with van der Waals surface area (Å²) in [6, 6.07) is 17.5. The molecule has 0 bridgehead atoms. The molecule has 162 valence electrons. The molecule has 0 atom stereocenters. The third-order valence-corrected chi connectivity index (χ3v) is 6.47. The van der Waals surface area contributed by atoms with Gasteiger partial charge in [0.05, 0.1) is 0 Å². The van der Waals surface area contributed by atoms with Gasteiger partial charge in [-0.3, -0.25) is 0 Å². The number of amides is 1. The Hall–Kier alpha value is -2.34. The second-order valence-electron chi connectivity index (χ2n) is 8.08. The van der Waals surface area contributed by atoms with Crippen LogP contribution >= 0.6 is 15.9 Å². The molecule has 0 spiro atoms. The molecule has 0 aliphatic rings. The van der Waals surface area contributed by atoms with E-state index in [1.807, 2.05) is 75.4 Å². The molecule has 0 saturated heterocycles. The number of fused-ring (bicyclic) bond motifs is 1. The van der Waals surface area contributed by atoms with Crippen molar-refractivity contribution in [3.8, 4) is 0 Å². The van der Waals surface area contributed by atoms with E-state index < -0.39 is 11.7 Å². The van der Waals surface area contributed by atoms with Gasteiger partial charge in [-0.05, 0) is 0 Å². The SMILES string of the molecule is C=C(Br)CN(Cc1c(C(=O)[Se]c2ccccc2)[nH]c2ccccc12)C(=O)OC(C)(C)C. The summed E-state index contributed by atoms with van der Waals surface area (Å²) in [5.41, 5.74) is 1.57. The normalized spacial score (nSPS) is 11.4. The molecule has 1 amide bonds. The molecular formula is C24H25BrN2O3Se. The number of halogens is 1. The van der Waals surface area contributed by atoms with Crippen LogP contribution in [0.4, 0.5) is 4.79 Å². The Morgan fingerprint density at radius 2 is 1.74 bits per heavy atom. The van der Waals surface area contributed by atoms with E-state index in [9.17, 15) is 9.59 Å².